The molecule has 1 aromatic heterocycles. The number of hydrogen-bond donors (Lipinski definition) is 1. The molecule has 1 fully saturated rings. The summed E-state index contributed by atoms with van der Waals surface area (Å²) in [5.74, 6) is -0.428. The number of furan rings is 1. The Kier molecular flexibility index (Phi) is 5.90. The molecule has 8 heteroatoms. The van der Waals surface area contributed by atoms with Crippen LogP contribution in [0, 0.1) is 13.8 Å². The van der Waals surface area contributed by atoms with E-state index in [0.29, 0.717) is 11.4 Å². The van der Waals surface area contributed by atoms with Crippen molar-refractivity contribution in [2.75, 3.05) is 10.2 Å². The minimum atomic E-state index is -4.51. The summed E-state index contributed by atoms with van der Waals surface area (Å²) >= 11 is 0. The first-order chi connectivity index (χ1) is 17.6. The lowest BCUT2D eigenvalue weighted by Crippen LogP contribution is -2.67. The van der Waals surface area contributed by atoms with Gasteiger partial charge in [-0.15, -0.1) is 0 Å². The number of rotatable bonds is 5. The van der Waals surface area contributed by atoms with Gasteiger partial charge in [0.2, 0.25) is 5.91 Å². The zero-order valence-corrected chi connectivity index (χ0v) is 20.1. The molecule has 0 spiro atoms. The van der Waals surface area contributed by atoms with Crippen LogP contribution < -0.4 is 10.2 Å². The predicted molar refractivity (Wildman–Crippen MR) is 134 cm³/mol. The third-order valence-corrected chi connectivity index (χ3v) is 6.65. The van der Waals surface area contributed by atoms with Crippen molar-refractivity contribution in [1.82, 2.24) is 0 Å². The molecule has 1 unspecified atom stereocenters. The van der Waals surface area contributed by atoms with E-state index >= 15 is 0 Å². The first-order valence-corrected chi connectivity index (χ1v) is 11.6. The molecule has 2 amide bonds. The second kappa shape index (κ2) is 8.96. The van der Waals surface area contributed by atoms with Gasteiger partial charge in [0.15, 0.2) is 5.54 Å². The Morgan fingerprint density at radius 2 is 1.62 bits per heavy atom. The smallest absolute Gasteiger partial charge is 0.416 e. The van der Waals surface area contributed by atoms with E-state index in [2.05, 4.69) is 5.32 Å². The molecule has 0 saturated carbocycles. The third-order valence-electron chi connectivity index (χ3n) is 6.65. The number of aryl methyl sites for hydroxylation is 2. The minimum Gasteiger partial charge on any atom is -0.458 e. The zero-order valence-electron chi connectivity index (χ0n) is 20.1. The summed E-state index contributed by atoms with van der Waals surface area (Å²) in [5, 5.41) is 2.93. The molecule has 0 radical (unpaired) electrons. The number of hydrogen-bond acceptors (Lipinski definition) is 3. The topological polar surface area (TPSA) is 62.6 Å². The molecule has 188 valence electrons. The van der Waals surface area contributed by atoms with Gasteiger partial charge in [-0.3, -0.25) is 14.5 Å². The van der Waals surface area contributed by atoms with Gasteiger partial charge in [0.25, 0.3) is 5.91 Å². The normalized spacial score (nSPS) is 17.4. The van der Waals surface area contributed by atoms with Crippen molar-refractivity contribution < 1.29 is 27.2 Å². The number of alkyl halides is 3. The molecule has 4 aromatic rings. The molecule has 37 heavy (non-hydrogen) atoms. The number of para-hydroxylation sites is 2. The highest BCUT2D eigenvalue weighted by Crippen LogP contribution is 2.48. The highest BCUT2D eigenvalue weighted by atomic mass is 19.4. The summed E-state index contributed by atoms with van der Waals surface area (Å²) in [6.45, 7) is 3.69. The quantitative estimate of drug-likeness (QED) is 0.302. The average Bonchev–Trinajstić information content (AvgIpc) is 3.35. The number of nitrogens with one attached hydrogen (secondary N) is 1. The third kappa shape index (κ3) is 4.18. The van der Waals surface area contributed by atoms with E-state index < -0.39 is 23.2 Å². The Morgan fingerprint density at radius 1 is 0.919 bits per heavy atom. The number of β-lactam (4-membered cyclic amide) rings is 1. The monoisotopic (exact) mass is 504 g/mol. The first-order valence-electron chi connectivity index (χ1n) is 11.6. The van der Waals surface area contributed by atoms with Gasteiger partial charge in [0.1, 0.15) is 11.5 Å². The van der Waals surface area contributed by atoms with Crippen molar-refractivity contribution in [2.45, 2.75) is 32.0 Å². The minimum absolute atomic E-state index is 0.158. The molecule has 3 aromatic carbocycles. The van der Waals surface area contributed by atoms with Crippen molar-refractivity contribution in [3.8, 4) is 11.3 Å². The van der Waals surface area contributed by atoms with Crippen LogP contribution in [0.5, 0.6) is 0 Å². The van der Waals surface area contributed by atoms with E-state index in [1.165, 1.54) is 23.1 Å². The van der Waals surface area contributed by atoms with Gasteiger partial charge in [-0.05, 0) is 61.4 Å². The van der Waals surface area contributed by atoms with Crippen LogP contribution in [-0.4, -0.2) is 11.8 Å². The Morgan fingerprint density at radius 3 is 2.30 bits per heavy atom. The largest absolute Gasteiger partial charge is 0.458 e. The van der Waals surface area contributed by atoms with E-state index in [0.717, 1.165) is 23.3 Å². The number of anilines is 2. The zero-order chi connectivity index (χ0) is 26.4. The maximum Gasteiger partial charge on any atom is 0.416 e. The predicted octanol–water partition coefficient (Wildman–Crippen LogP) is 6.85. The maximum absolute atomic E-state index is 13.9. The summed E-state index contributed by atoms with van der Waals surface area (Å²) in [4.78, 5) is 28.3. The summed E-state index contributed by atoms with van der Waals surface area (Å²) < 4.78 is 45.9. The van der Waals surface area contributed by atoms with Gasteiger partial charge in [0.05, 0.1) is 12.0 Å². The molecule has 0 bridgehead atoms. The maximum atomic E-state index is 13.9. The van der Waals surface area contributed by atoms with Gasteiger partial charge < -0.3 is 9.73 Å². The summed E-state index contributed by atoms with van der Waals surface area (Å²) in [6.07, 6.45) is -4.67. The van der Waals surface area contributed by atoms with Crippen molar-refractivity contribution in [3.05, 3.63) is 107 Å². The van der Waals surface area contributed by atoms with E-state index in [1.807, 2.05) is 38.1 Å². The number of nitrogens with zero attached hydrogens (tertiary/aromatic N) is 1. The lowest BCUT2D eigenvalue weighted by Gasteiger charge is -2.49. The van der Waals surface area contributed by atoms with Crippen LogP contribution >= 0.6 is 0 Å². The van der Waals surface area contributed by atoms with Crippen molar-refractivity contribution in [3.63, 3.8) is 0 Å². The second-order valence-corrected chi connectivity index (χ2v) is 9.06. The van der Waals surface area contributed by atoms with Crippen LogP contribution in [0.2, 0.25) is 0 Å². The van der Waals surface area contributed by atoms with Gasteiger partial charge >= 0.3 is 6.18 Å². The molecule has 5 nitrogen and oxygen atoms in total. The molecule has 1 saturated heterocycles. The SMILES string of the molecule is Cc1ccccc1NC(=O)C1(c2ccc(-c3cccc(C(F)(F)F)c3)o2)CC(=O)N1c1ccccc1C. The molecular weight excluding hydrogens is 481 g/mol. The van der Waals surface area contributed by atoms with Gasteiger partial charge in [-0.25, -0.2) is 0 Å². The van der Waals surface area contributed by atoms with Crippen LogP contribution in [0.1, 0.15) is 28.9 Å². The summed E-state index contributed by atoms with van der Waals surface area (Å²) in [5.41, 5.74) is 0.637. The second-order valence-electron chi connectivity index (χ2n) is 9.06. The molecular formula is C29H23F3N2O3. The lowest BCUT2D eigenvalue weighted by molar-refractivity contribution is -0.138. The fraction of sp³-hybridized carbons (Fsp3) is 0.172. The van der Waals surface area contributed by atoms with Gasteiger partial charge in [0, 0.05) is 16.9 Å². The Balaban J connectivity index is 1.61. The Hall–Kier alpha value is -4.33. The first kappa shape index (κ1) is 24.4. The highest BCUT2D eigenvalue weighted by Gasteiger charge is 2.61. The van der Waals surface area contributed by atoms with E-state index in [-0.39, 0.29) is 29.4 Å². The number of benzene rings is 3. The molecule has 1 atom stereocenters. The van der Waals surface area contributed by atoms with Crippen LogP contribution in [0.25, 0.3) is 11.3 Å². The van der Waals surface area contributed by atoms with Gasteiger partial charge in [-0.2, -0.15) is 13.2 Å². The molecule has 2 heterocycles. The Labute approximate surface area is 211 Å². The fourth-order valence-electron chi connectivity index (χ4n) is 4.65. The Bertz CT molecular complexity index is 1510. The molecule has 5 rings (SSSR count). The van der Waals surface area contributed by atoms with Crippen LogP contribution in [0.15, 0.2) is 89.3 Å². The number of carbonyl (C=O) groups is 2. The van der Waals surface area contributed by atoms with E-state index in [4.69, 9.17) is 4.42 Å². The van der Waals surface area contributed by atoms with E-state index in [1.54, 1.807) is 30.3 Å². The summed E-state index contributed by atoms with van der Waals surface area (Å²) in [6, 6.07) is 22.3. The molecule has 1 aliphatic heterocycles. The number of amides is 2. The highest BCUT2D eigenvalue weighted by molar-refractivity contribution is 6.17. The van der Waals surface area contributed by atoms with Crippen molar-refractivity contribution in [2.24, 2.45) is 0 Å². The standard InChI is InChI=1S/C29H23F3N2O3/c1-18-8-3-5-12-22(18)33-27(36)28(17-26(35)34(28)23-13-6-4-9-19(23)2)25-15-14-24(37-25)20-10-7-11-21(16-20)29(30,31)32/h3-16H,17H2,1-2H3,(H,33,36). The number of carbonyl (C=O) groups excluding carboxylic acids is 2. The lowest BCUT2D eigenvalue weighted by atomic mass is 9.79. The van der Waals surface area contributed by atoms with Crippen LogP contribution in [-0.2, 0) is 21.3 Å². The number of halogens is 3. The van der Waals surface area contributed by atoms with Crippen molar-refractivity contribution in [1.29, 1.82) is 0 Å². The molecule has 1 N–H and O–H groups in total. The average molecular weight is 505 g/mol. The molecule has 0 aliphatic carbocycles. The molecule has 1 aliphatic rings. The van der Waals surface area contributed by atoms with E-state index in [9.17, 15) is 22.8 Å². The fourth-order valence-corrected chi connectivity index (χ4v) is 4.65. The van der Waals surface area contributed by atoms with Gasteiger partial charge in [-0.1, -0.05) is 48.5 Å². The van der Waals surface area contributed by atoms with Crippen molar-refractivity contribution >= 4 is 23.2 Å². The van der Waals surface area contributed by atoms with Crippen LogP contribution in [0.4, 0.5) is 24.5 Å². The van der Waals surface area contributed by atoms with Crippen LogP contribution in [0.3, 0.4) is 0 Å². The summed E-state index contributed by atoms with van der Waals surface area (Å²) in [7, 11) is 0.